The molecule has 1 amide bonds. The number of hydrogen-bond acceptors (Lipinski definition) is 2. The average Bonchev–Trinajstić information content (AvgIpc) is 2.39. The number of hydrogen-bond donors (Lipinski definition) is 2. The van der Waals surface area contributed by atoms with Gasteiger partial charge in [0.2, 0.25) is 5.91 Å². The minimum absolute atomic E-state index is 0.0386. The molecule has 0 unspecified atom stereocenters. The standard InChI is InChI=1S/C15H21BrN2O/c1-11(12-4-3-5-13(16)10-12)18-14(19)15(2)6-8-17-9-7-15/h3-5,10-11,17H,6-9H2,1-2H3,(H,18,19)/t11-/m0/s1. The van der Waals surface area contributed by atoms with Gasteiger partial charge in [-0.15, -0.1) is 0 Å². The fourth-order valence-electron chi connectivity index (χ4n) is 2.44. The van der Waals surface area contributed by atoms with E-state index in [4.69, 9.17) is 0 Å². The number of amides is 1. The van der Waals surface area contributed by atoms with Crippen molar-refractivity contribution in [3.8, 4) is 0 Å². The minimum atomic E-state index is -0.231. The molecule has 1 fully saturated rings. The summed E-state index contributed by atoms with van der Waals surface area (Å²) in [6, 6.07) is 8.12. The van der Waals surface area contributed by atoms with Crippen LogP contribution in [0.25, 0.3) is 0 Å². The van der Waals surface area contributed by atoms with E-state index in [0.717, 1.165) is 36.0 Å². The lowest BCUT2D eigenvalue weighted by Gasteiger charge is -2.33. The summed E-state index contributed by atoms with van der Waals surface area (Å²) < 4.78 is 1.04. The summed E-state index contributed by atoms with van der Waals surface area (Å²) in [5, 5.41) is 6.45. The first-order valence-corrected chi connectivity index (χ1v) is 7.58. The summed E-state index contributed by atoms with van der Waals surface area (Å²) in [7, 11) is 0. The summed E-state index contributed by atoms with van der Waals surface area (Å²) in [5.41, 5.74) is 0.895. The van der Waals surface area contributed by atoms with Crippen molar-refractivity contribution in [1.29, 1.82) is 0 Å². The molecular formula is C15H21BrN2O. The Bertz CT molecular complexity index is 455. The van der Waals surface area contributed by atoms with Crippen molar-refractivity contribution in [2.45, 2.75) is 32.7 Å². The summed E-state index contributed by atoms with van der Waals surface area (Å²) in [6.45, 7) is 5.95. The second-order valence-corrected chi connectivity index (χ2v) is 6.48. The van der Waals surface area contributed by atoms with Crippen LogP contribution in [0.1, 0.15) is 38.3 Å². The summed E-state index contributed by atoms with van der Waals surface area (Å²) in [5.74, 6) is 0.168. The molecule has 0 spiro atoms. The van der Waals surface area contributed by atoms with Gasteiger partial charge >= 0.3 is 0 Å². The second kappa shape index (κ2) is 6.06. The van der Waals surface area contributed by atoms with Crippen molar-refractivity contribution in [2.24, 2.45) is 5.41 Å². The molecule has 2 N–H and O–H groups in total. The van der Waals surface area contributed by atoms with E-state index in [2.05, 4.69) is 39.6 Å². The molecule has 1 aromatic carbocycles. The van der Waals surface area contributed by atoms with E-state index in [1.807, 2.05) is 25.1 Å². The van der Waals surface area contributed by atoms with E-state index < -0.39 is 0 Å². The van der Waals surface area contributed by atoms with Crippen LogP contribution in [-0.2, 0) is 4.79 Å². The van der Waals surface area contributed by atoms with Gasteiger partial charge in [-0.1, -0.05) is 35.0 Å². The fraction of sp³-hybridized carbons (Fsp3) is 0.533. The van der Waals surface area contributed by atoms with Gasteiger partial charge in [0, 0.05) is 9.89 Å². The molecule has 2 rings (SSSR count). The molecule has 3 nitrogen and oxygen atoms in total. The quantitative estimate of drug-likeness (QED) is 0.897. The van der Waals surface area contributed by atoms with E-state index in [1.54, 1.807) is 0 Å². The number of rotatable bonds is 3. The SMILES string of the molecule is C[C@H](NC(=O)C1(C)CCNCC1)c1cccc(Br)c1. The molecule has 19 heavy (non-hydrogen) atoms. The highest BCUT2D eigenvalue weighted by Crippen LogP contribution is 2.29. The summed E-state index contributed by atoms with van der Waals surface area (Å²) in [6.07, 6.45) is 1.81. The Balaban J connectivity index is 2.02. The fourth-order valence-corrected chi connectivity index (χ4v) is 2.85. The maximum absolute atomic E-state index is 12.4. The van der Waals surface area contributed by atoms with Gasteiger partial charge in [-0.25, -0.2) is 0 Å². The van der Waals surface area contributed by atoms with Crippen molar-refractivity contribution in [2.75, 3.05) is 13.1 Å². The van der Waals surface area contributed by atoms with Crippen molar-refractivity contribution in [3.05, 3.63) is 34.3 Å². The lowest BCUT2D eigenvalue weighted by atomic mass is 9.80. The second-order valence-electron chi connectivity index (χ2n) is 5.56. The van der Waals surface area contributed by atoms with Gasteiger partial charge in [0.15, 0.2) is 0 Å². The Morgan fingerprint density at radius 2 is 2.11 bits per heavy atom. The molecule has 1 aliphatic heterocycles. The number of carbonyl (C=O) groups excluding carboxylic acids is 1. The van der Waals surface area contributed by atoms with Crippen molar-refractivity contribution < 1.29 is 4.79 Å². The van der Waals surface area contributed by atoms with Crippen LogP contribution in [0.5, 0.6) is 0 Å². The first-order chi connectivity index (χ1) is 9.01. The molecule has 0 radical (unpaired) electrons. The maximum Gasteiger partial charge on any atom is 0.226 e. The van der Waals surface area contributed by atoms with Crippen LogP contribution < -0.4 is 10.6 Å². The lowest BCUT2D eigenvalue weighted by Crippen LogP contribution is -2.46. The molecule has 0 aromatic heterocycles. The van der Waals surface area contributed by atoms with Gasteiger partial charge in [0.25, 0.3) is 0 Å². The van der Waals surface area contributed by atoms with E-state index in [1.165, 1.54) is 0 Å². The number of halogens is 1. The van der Waals surface area contributed by atoms with Crippen LogP contribution in [0.4, 0.5) is 0 Å². The van der Waals surface area contributed by atoms with Crippen molar-refractivity contribution in [1.82, 2.24) is 10.6 Å². The normalized spacial score (nSPS) is 19.7. The zero-order valence-electron chi connectivity index (χ0n) is 11.5. The topological polar surface area (TPSA) is 41.1 Å². The van der Waals surface area contributed by atoms with Gasteiger partial charge < -0.3 is 10.6 Å². The van der Waals surface area contributed by atoms with Gasteiger partial charge in [-0.3, -0.25) is 4.79 Å². The molecule has 1 heterocycles. The third kappa shape index (κ3) is 3.57. The molecule has 1 aliphatic rings. The van der Waals surface area contributed by atoms with Gasteiger partial charge in [0.05, 0.1) is 6.04 Å². The minimum Gasteiger partial charge on any atom is -0.349 e. The molecule has 4 heteroatoms. The van der Waals surface area contributed by atoms with Crippen molar-refractivity contribution in [3.63, 3.8) is 0 Å². The molecule has 1 saturated heterocycles. The Labute approximate surface area is 123 Å². The van der Waals surface area contributed by atoms with E-state index in [0.29, 0.717) is 0 Å². The van der Waals surface area contributed by atoms with E-state index >= 15 is 0 Å². The van der Waals surface area contributed by atoms with Crippen LogP contribution in [0.2, 0.25) is 0 Å². The third-order valence-electron chi connectivity index (χ3n) is 3.95. The predicted octanol–water partition coefficient (Wildman–Crippen LogP) is 3.02. The molecule has 0 bridgehead atoms. The lowest BCUT2D eigenvalue weighted by molar-refractivity contribution is -0.132. The summed E-state index contributed by atoms with van der Waals surface area (Å²) in [4.78, 5) is 12.4. The Morgan fingerprint density at radius 3 is 2.74 bits per heavy atom. The van der Waals surface area contributed by atoms with Crippen molar-refractivity contribution >= 4 is 21.8 Å². The zero-order chi connectivity index (χ0) is 13.9. The van der Waals surface area contributed by atoms with Crippen LogP contribution in [0.15, 0.2) is 28.7 Å². The predicted molar refractivity (Wildman–Crippen MR) is 80.9 cm³/mol. The van der Waals surface area contributed by atoms with Crippen LogP contribution in [0, 0.1) is 5.41 Å². The summed E-state index contributed by atoms with van der Waals surface area (Å²) >= 11 is 3.46. The van der Waals surface area contributed by atoms with Gasteiger partial charge in [0.1, 0.15) is 0 Å². The highest BCUT2D eigenvalue weighted by molar-refractivity contribution is 9.10. The van der Waals surface area contributed by atoms with Crippen LogP contribution in [0.3, 0.4) is 0 Å². The highest BCUT2D eigenvalue weighted by Gasteiger charge is 2.35. The van der Waals surface area contributed by atoms with Gasteiger partial charge in [-0.05, 0) is 50.6 Å². The Kier molecular flexibility index (Phi) is 4.63. The van der Waals surface area contributed by atoms with E-state index in [9.17, 15) is 4.79 Å². The zero-order valence-corrected chi connectivity index (χ0v) is 13.1. The Hall–Kier alpha value is -0.870. The number of nitrogens with one attached hydrogen (secondary N) is 2. The average molecular weight is 325 g/mol. The molecule has 0 aliphatic carbocycles. The molecule has 0 saturated carbocycles. The maximum atomic E-state index is 12.4. The van der Waals surface area contributed by atoms with Gasteiger partial charge in [-0.2, -0.15) is 0 Å². The highest BCUT2D eigenvalue weighted by atomic mass is 79.9. The smallest absolute Gasteiger partial charge is 0.226 e. The molecule has 1 aromatic rings. The number of benzene rings is 1. The first-order valence-electron chi connectivity index (χ1n) is 6.78. The largest absolute Gasteiger partial charge is 0.349 e. The van der Waals surface area contributed by atoms with E-state index in [-0.39, 0.29) is 17.4 Å². The first kappa shape index (κ1) is 14.5. The molecule has 104 valence electrons. The molecule has 1 atom stereocenters. The van der Waals surface area contributed by atoms with Crippen LogP contribution in [-0.4, -0.2) is 19.0 Å². The van der Waals surface area contributed by atoms with Crippen LogP contribution >= 0.6 is 15.9 Å². The Morgan fingerprint density at radius 1 is 1.42 bits per heavy atom. The molecular weight excluding hydrogens is 304 g/mol. The number of piperidine rings is 1. The number of carbonyl (C=O) groups is 1. The third-order valence-corrected chi connectivity index (χ3v) is 4.44. The monoisotopic (exact) mass is 324 g/mol.